The lowest BCUT2D eigenvalue weighted by atomic mass is 10.1. The molecule has 0 bridgehead atoms. The molecule has 1 aromatic carbocycles. The molecule has 0 radical (unpaired) electrons. The van der Waals surface area contributed by atoms with Crippen molar-refractivity contribution in [2.24, 2.45) is 0 Å². The lowest BCUT2D eigenvalue weighted by Gasteiger charge is -2.06. The third-order valence-corrected chi connectivity index (χ3v) is 1.93. The molecule has 13 heavy (non-hydrogen) atoms. The molecule has 0 aliphatic carbocycles. The molecule has 0 spiro atoms. The van der Waals surface area contributed by atoms with Gasteiger partial charge in [0.1, 0.15) is 0 Å². The Balaban J connectivity index is 2.69. The number of rotatable bonds is 3. The minimum absolute atomic E-state index is 0.388. The van der Waals surface area contributed by atoms with E-state index in [1.54, 1.807) is 0 Å². The summed E-state index contributed by atoms with van der Waals surface area (Å²) in [6.45, 7) is 2.44. The highest BCUT2D eigenvalue weighted by Crippen LogP contribution is 2.08. The molecule has 1 aromatic rings. The fourth-order valence-corrected chi connectivity index (χ4v) is 1.25. The third kappa shape index (κ3) is 2.78. The maximum Gasteiger partial charge on any atom is 0.404 e. The lowest BCUT2D eigenvalue weighted by Crippen LogP contribution is -2.20. The van der Waals surface area contributed by atoms with Crippen LogP contribution in [0.5, 0.6) is 0 Å². The van der Waals surface area contributed by atoms with E-state index >= 15 is 0 Å². The standard InChI is InChI=1S/C10H13NO2/c1-2-8-5-3-4-6-9(8)7-11-10(12)13/h3-6,11H,2,7H2,1H3,(H,12,13). The van der Waals surface area contributed by atoms with Crippen LogP contribution in [0.3, 0.4) is 0 Å². The molecule has 0 fully saturated rings. The van der Waals surface area contributed by atoms with Crippen LogP contribution in [0.1, 0.15) is 18.1 Å². The van der Waals surface area contributed by atoms with E-state index in [1.165, 1.54) is 5.56 Å². The summed E-state index contributed by atoms with van der Waals surface area (Å²) in [6.07, 6.45) is -0.0526. The maximum atomic E-state index is 10.3. The lowest BCUT2D eigenvalue weighted by molar-refractivity contribution is 0.194. The highest BCUT2D eigenvalue weighted by atomic mass is 16.4. The van der Waals surface area contributed by atoms with Gasteiger partial charge in [-0.1, -0.05) is 31.2 Å². The molecular formula is C10H13NO2. The zero-order valence-electron chi connectivity index (χ0n) is 7.58. The van der Waals surface area contributed by atoms with Gasteiger partial charge in [-0.3, -0.25) is 0 Å². The third-order valence-electron chi connectivity index (χ3n) is 1.93. The number of hydrogen-bond acceptors (Lipinski definition) is 1. The van der Waals surface area contributed by atoms with E-state index in [0.717, 1.165) is 12.0 Å². The Morgan fingerprint density at radius 1 is 1.38 bits per heavy atom. The van der Waals surface area contributed by atoms with Crippen molar-refractivity contribution >= 4 is 6.09 Å². The van der Waals surface area contributed by atoms with Gasteiger partial charge in [-0.2, -0.15) is 0 Å². The Morgan fingerprint density at radius 2 is 2.00 bits per heavy atom. The van der Waals surface area contributed by atoms with E-state index in [0.29, 0.717) is 6.54 Å². The van der Waals surface area contributed by atoms with Gasteiger partial charge in [0.25, 0.3) is 0 Å². The number of amides is 1. The van der Waals surface area contributed by atoms with Crippen molar-refractivity contribution in [3.63, 3.8) is 0 Å². The molecule has 70 valence electrons. The summed E-state index contributed by atoms with van der Waals surface area (Å²) < 4.78 is 0. The summed E-state index contributed by atoms with van der Waals surface area (Å²) in [6, 6.07) is 7.83. The van der Waals surface area contributed by atoms with E-state index < -0.39 is 6.09 Å². The zero-order valence-corrected chi connectivity index (χ0v) is 7.58. The Kier molecular flexibility index (Phi) is 3.31. The van der Waals surface area contributed by atoms with Gasteiger partial charge in [-0.25, -0.2) is 4.79 Å². The molecule has 0 heterocycles. The number of benzene rings is 1. The first kappa shape index (κ1) is 9.58. The molecule has 1 rings (SSSR count). The van der Waals surface area contributed by atoms with Crippen LogP contribution in [0.4, 0.5) is 4.79 Å². The van der Waals surface area contributed by atoms with Gasteiger partial charge >= 0.3 is 6.09 Å². The highest BCUT2D eigenvalue weighted by Gasteiger charge is 2.00. The monoisotopic (exact) mass is 179 g/mol. The van der Waals surface area contributed by atoms with Crippen molar-refractivity contribution in [2.45, 2.75) is 19.9 Å². The van der Waals surface area contributed by atoms with Gasteiger partial charge in [0.2, 0.25) is 0 Å². The second-order valence-corrected chi connectivity index (χ2v) is 2.78. The number of nitrogens with one attached hydrogen (secondary N) is 1. The molecule has 1 amide bonds. The zero-order chi connectivity index (χ0) is 9.68. The molecule has 0 aliphatic rings. The van der Waals surface area contributed by atoms with Crippen LogP contribution in [-0.2, 0) is 13.0 Å². The quantitative estimate of drug-likeness (QED) is 0.745. The van der Waals surface area contributed by atoms with Gasteiger partial charge in [0.15, 0.2) is 0 Å². The van der Waals surface area contributed by atoms with E-state index in [2.05, 4.69) is 12.2 Å². The van der Waals surface area contributed by atoms with Gasteiger partial charge in [-0.15, -0.1) is 0 Å². The summed E-state index contributed by atoms with van der Waals surface area (Å²) in [5.74, 6) is 0. The summed E-state index contributed by atoms with van der Waals surface area (Å²) in [4.78, 5) is 10.3. The van der Waals surface area contributed by atoms with Gasteiger partial charge < -0.3 is 10.4 Å². The van der Waals surface area contributed by atoms with Gasteiger partial charge in [0.05, 0.1) is 0 Å². The van der Waals surface area contributed by atoms with Crippen LogP contribution in [0.15, 0.2) is 24.3 Å². The molecule has 0 saturated carbocycles. The summed E-state index contributed by atoms with van der Waals surface area (Å²) in [7, 11) is 0. The first-order valence-electron chi connectivity index (χ1n) is 4.27. The van der Waals surface area contributed by atoms with E-state index in [4.69, 9.17) is 5.11 Å². The van der Waals surface area contributed by atoms with Crippen LogP contribution in [0.25, 0.3) is 0 Å². The summed E-state index contributed by atoms with van der Waals surface area (Å²) in [5.41, 5.74) is 2.24. The minimum atomic E-state index is -0.981. The molecule has 3 nitrogen and oxygen atoms in total. The molecule has 3 heteroatoms. The Labute approximate surface area is 77.4 Å². The highest BCUT2D eigenvalue weighted by molar-refractivity contribution is 5.64. The fourth-order valence-electron chi connectivity index (χ4n) is 1.25. The SMILES string of the molecule is CCc1ccccc1CNC(=O)O. The summed E-state index contributed by atoms with van der Waals surface area (Å²) >= 11 is 0. The van der Waals surface area contributed by atoms with E-state index in [9.17, 15) is 4.79 Å². The van der Waals surface area contributed by atoms with Crippen LogP contribution >= 0.6 is 0 Å². The van der Waals surface area contributed by atoms with Crippen molar-refractivity contribution in [2.75, 3.05) is 0 Å². The smallest absolute Gasteiger partial charge is 0.404 e. The molecule has 0 aliphatic heterocycles. The van der Waals surface area contributed by atoms with Crippen molar-refractivity contribution in [1.29, 1.82) is 0 Å². The topological polar surface area (TPSA) is 49.3 Å². The van der Waals surface area contributed by atoms with Crippen LogP contribution < -0.4 is 5.32 Å². The second-order valence-electron chi connectivity index (χ2n) is 2.78. The molecular weight excluding hydrogens is 166 g/mol. The van der Waals surface area contributed by atoms with E-state index in [-0.39, 0.29) is 0 Å². The fraction of sp³-hybridized carbons (Fsp3) is 0.300. The Bertz CT molecular complexity index is 297. The van der Waals surface area contributed by atoms with Crippen molar-refractivity contribution in [3.05, 3.63) is 35.4 Å². The summed E-state index contributed by atoms with van der Waals surface area (Å²) in [5, 5.41) is 10.8. The van der Waals surface area contributed by atoms with Crippen molar-refractivity contribution in [3.8, 4) is 0 Å². The van der Waals surface area contributed by atoms with Gasteiger partial charge in [-0.05, 0) is 17.5 Å². The number of carbonyl (C=O) groups is 1. The Hall–Kier alpha value is -1.51. The Morgan fingerprint density at radius 3 is 2.54 bits per heavy atom. The average Bonchev–Trinajstić information content (AvgIpc) is 2.15. The van der Waals surface area contributed by atoms with Crippen LogP contribution in [0, 0.1) is 0 Å². The van der Waals surface area contributed by atoms with Crippen LogP contribution in [0.2, 0.25) is 0 Å². The first-order chi connectivity index (χ1) is 6.24. The normalized spacial score (nSPS) is 9.62. The molecule has 0 atom stereocenters. The second kappa shape index (κ2) is 4.50. The van der Waals surface area contributed by atoms with Crippen molar-refractivity contribution in [1.82, 2.24) is 5.32 Å². The number of hydrogen-bond donors (Lipinski definition) is 2. The van der Waals surface area contributed by atoms with E-state index in [1.807, 2.05) is 24.3 Å². The minimum Gasteiger partial charge on any atom is -0.465 e. The van der Waals surface area contributed by atoms with Crippen molar-refractivity contribution < 1.29 is 9.90 Å². The number of aryl methyl sites for hydroxylation is 1. The first-order valence-corrected chi connectivity index (χ1v) is 4.27. The maximum absolute atomic E-state index is 10.3. The average molecular weight is 179 g/mol. The largest absolute Gasteiger partial charge is 0.465 e. The predicted octanol–water partition coefficient (Wildman–Crippen LogP) is 2.02. The van der Waals surface area contributed by atoms with Gasteiger partial charge in [0, 0.05) is 6.54 Å². The number of carboxylic acid groups (broad SMARTS) is 1. The molecule has 0 unspecified atom stereocenters. The predicted molar refractivity (Wildman–Crippen MR) is 50.7 cm³/mol. The molecule has 0 aromatic heterocycles. The molecule has 2 N–H and O–H groups in total. The molecule has 0 saturated heterocycles. The van der Waals surface area contributed by atoms with Crippen LogP contribution in [-0.4, -0.2) is 11.2 Å².